The van der Waals surface area contributed by atoms with E-state index in [0.717, 1.165) is 21.6 Å². The summed E-state index contributed by atoms with van der Waals surface area (Å²) in [5.41, 5.74) is 4.54. The van der Waals surface area contributed by atoms with Gasteiger partial charge in [-0.1, -0.05) is 5.16 Å². The second-order valence-electron chi connectivity index (χ2n) is 4.69. The van der Waals surface area contributed by atoms with E-state index in [0.29, 0.717) is 0 Å². The number of thiophene rings is 1. The number of hydrogen-bond acceptors (Lipinski definition) is 5. The van der Waals surface area contributed by atoms with Crippen molar-refractivity contribution in [2.75, 3.05) is 7.11 Å². The lowest BCUT2D eigenvalue weighted by atomic mass is 10.0. The van der Waals surface area contributed by atoms with Crippen molar-refractivity contribution in [3.8, 4) is 20.9 Å². The fourth-order valence-electron chi connectivity index (χ4n) is 2.28. The highest BCUT2D eigenvalue weighted by Gasteiger charge is 2.16. The molecule has 0 atom stereocenters. The third-order valence-electron chi connectivity index (χ3n) is 3.37. The molecule has 0 bridgehead atoms. The molecule has 7 heteroatoms. The Bertz CT molecular complexity index is 792. The summed E-state index contributed by atoms with van der Waals surface area (Å²) >= 11 is 1.74. The van der Waals surface area contributed by atoms with Crippen LogP contribution in [0.15, 0.2) is 54.2 Å². The first kappa shape index (κ1) is 20.1. The van der Waals surface area contributed by atoms with Gasteiger partial charge in [0.05, 0.1) is 6.21 Å². The summed E-state index contributed by atoms with van der Waals surface area (Å²) in [6, 6.07) is 8.05. The molecule has 0 fully saturated rings. The molecule has 0 saturated heterocycles. The summed E-state index contributed by atoms with van der Waals surface area (Å²) in [6.45, 7) is 2.11. The third kappa shape index (κ3) is 4.12. The van der Waals surface area contributed by atoms with Crippen LogP contribution < -0.4 is 0 Å². The van der Waals surface area contributed by atoms with Crippen LogP contribution in [0.5, 0.6) is 0 Å². The van der Waals surface area contributed by atoms with Crippen molar-refractivity contribution in [2.45, 2.75) is 6.92 Å². The molecule has 3 heterocycles. The van der Waals surface area contributed by atoms with Crippen LogP contribution >= 0.6 is 36.2 Å². The lowest BCUT2D eigenvalue weighted by Crippen LogP contribution is -1.87. The molecule has 0 N–H and O–H groups in total. The fraction of sp³-hybridized carbons (Fsp3) is 0.118. The highest BCUT2D eigenvalue weighted by molar-refractivity contribution is 7.19. The van der Waals surface area contributed by atoms with Crippen molar-refractivity contribution in [2.24, 2.45) is 5.16 Å². The molecule has 0 radical (unpaired) electrons. The van der Waals surface area contributed by atoms with Crippen molar-refractivity contribution in [3.05, 3.63) is 60.2 Å². The van der Waals surface area contributed by atoms with Gasteiger partial charge in [0.15, 0.2) is 0 Å². The van der Waals surface area contributed by atoms with E-state index < -0.39 is 0 Å². The summed E-state index contributed by atoms with van der Waals surface area (Å²) in [7, 11) is 1.55. The van der Waals surface area contributed by atoms with E-state index in [1.807, 2.05) is 36.7 Å². The number of hydrogen-bond donors (Lipinski definition) is 0. The molecular weight excluding hydrogens is 365 g/mol. The molecule has 3 rings (SSSR count). The Morgan fingerprint density at radius 2 is 1.42 bits per heavy atom. The maximum absolute atomic E-state index is 4.86. The molecule has 24 heavy (non-hydrogen) atoms. The molecule has 0 amide bonds. The first-order chi connectivity index (χ1) is 10.8. The summed E-state index contributed by atoms with van der Waals surface area (Å²) in [5.74, 6) is 0. The minimum absolute atomic E-state index is 0. The SMILES string of the molecule is CO/N=C/c1c(-c2ccncc2)sc(-c2ccncc2)c1C.Cl.Cl. The number of rotatable bonds is 4. The summed E-state index contributed by atoms with van der Waals surface area (Å²) in [6.07, 6.45) is 8.99. The second-order valence-corrected chi connectivity index (χ2v) is 5.71. The average molecular weight is 382 g/mol. The molecule has 0 aliphatic rings. The maximum atomic E-state index is 4.86. The van der Waals surface area contributed by atoms with Crippen molar-refractivity contribution in [1.82, 2.24) is 9.97 Å². The molecule has 3 aromatic rings. The molecule has 4 nitrogen and oxygen atoms in total. The smallest absolute Gasteiger partial charge is 0.106 e. The molecule has 126 valence electrons. The predicted octanol–water partition coefficient (Wildman–Crippen LogP) is 5.00. The summed E-state index contributed by atoms with van der Waals surface area (Å²) in [4.78, 5) is 15.4. The highest BCUT2D eigenvalue weighted by Crippen LogP contribution is 2.40. The van der Waals surface area contributed by atoms with Crippen molar-refractivity contribution >= 4 is 42.4 Å². The highest BCUT2D eigenvalue weighted by atomic mass is 35.5. The van der Waals surface area contributed by atoms with Crippen LogP contribution in [0.1, 0.15) is 11.1 Å². The van der Waals surface area contributed by atoms with E-state index in [2.05, 4.69) is 22.0 Å². The Kier molecular flexibility index (Phi) is 7.85. The lowest BCUT2D eigenvalue weighted by Gasteiger charge is -2.00. The van der Waals surface area contributed by atoms with Gasteiger partial charge in [0.25, 0.3) is 0 Å². The number of aromatic nitrogens is 2. The largest absolute Gasteiger partial charge is 0.399 e. The Morgan fingerprint density at radius 3 is 1.92 bits per heavy atom. The van der Waals surface area contributed by atoms with Crippen LogP contribution in [-0.2, 0) is 4.84 Å². The van der Waals surface area contributed by atoms with E-state index in [1.165, 1.54) is 10.4 Å². The molecule has 0 aromatic carbocycles. The Hall–Kier alpha value is -1.95. The zero-order valence-corrected chi connectivity index (χ0v) is 15.6. The van der Waals surface area contributed by atoms with Gasteiger partial charge in [-0.2, -0.15) is 0 Å². The average Bonchev–Trinajstić information content (AvgIpc) is 2.91. The normalized spacial score (nSPS) is 10.1. The third-order valence-corrected chi connectivity index (χ3v) is 4.77. The zero-order chi connectivity index (χ0) is 15.4. The summed E-state index contributed by atoms with van der Waals surface area (Å²) < 4.78 is 0. The van der Waals surface area contributed by atoms with E-state index in [1.54, 1.807) is 37.1 Å². The van der Waals surface area contributed by atoms with E-state index in [-0.39, 0.29) is 24.8 Å². The minimum atomic E-state index is 0. The first-order valence-electron chi connectivity index (χ1n) is 6.82. The zero-order valence-electron chi connectivity index (χ0n) is 13.2. The Morgan fingerprint density at radius 1 is 0.917 bits per heavy atom. The summed E-state index contributed by atoms with van der Waals surface area (Å²) in [5, 5.41) is 3.95. The molecule has 0 aliphatic heterocycles. The van der Waals surface area contributed by atoms with Gasteiger partial charge >= 0.3 is 0 Å². The number of oxime groups is 1. The van der Waals surface area contributed by atoms with Gasteiger partial charge in [-0.3, -0.25) is 9.97 Å². The van der Waals surface area contributed by atoms with Gasteiger partial charge in [0.1, 0.15) is 7.11 Å². The van der Waals surface area contributed by atoms with Gasteiger partial charge in [0, 0.05) is 40.1 Å². The van der Waals surface area contributed by atoms with Crippen molar-refractivity contribution < 1.29 is 4.84 Å². The van der Waals surface area contributed by atoms with Crippen LogP contribution in [0.4, 0.5) is 0 Å². The fourth-order valence-corrected chi connectivity index (χ4v) is 3.57. The van der Waals surface area contributed by atoms with Gasteiger partial charge in [-0.25, -0.2) is 0 Å². The van der Waals surface area contributed by atoms with Gasteiger partial charge in [-0.15, -0.1) is 36.2 Å². The monoisotopic (exact) mass is 381 g/mol. The van der Waals surface area contributed by atoms with Gasteiger partial charge in [-0.05, 0) is 47.9 Å². The van der Waals surface area contributed by atoms with Crippen LogP contribution in [0.2, 0.25) is 0 Å². The quantitative estimate of drug-likeness (QED) is 0.471. The van der Waals surface area contributed by atoms with Crippen LogP contribution in [0, 0.1) is 6.92 Å². The van der Waals surface area contributed by atoms with Crippen LogP contribution in [-0.4, -0.2) is 23.3 Å². The standard InChI is InChI=1S/C17H15N3OS.2ClH/c1-12-15(11-20-21-2)17(14-5-9-19-10-6-14)22-16(12)13-3-7-18-8-4-13;;/h3-11H,1-2H3;2*1H/b20-11+;;. The number of halogens is 2. The number of pyridine rings is 2. The second kappa shape index (κ2) is 9.37. The van der Waals surface area contributed by atoms with Crippen LogP contribution in [0.25, 0.3) is 20.9 Å². The predicted molar refractivity (Wildman–Crippen MR) is 105 cm³/mol. The minimum Gasteiger partial charge on any atom is -0.399 e. The number of nitrogens with zero attached hydrogens (tertiary/aromatic N) is 3. The Labute approximate surface area is 157 Å². The molecule has 0 spiro atoms. The van der Waals surface area contributed by atoms with E-state index in [4.69, 9.17) is 4.84 Å². The lowest BCUT2D eigenvalue weighted by molar-refractivity contribution is 0.215. The topological polar surface area (TPSA) is 47.4 Å². The molecule has 0 saturated carbocycles. The van der Waals surface area contributed by atoms with E-state index in [9.17, 15) is 0 Å². The maximum Gasteiger partial charge on any atom is 0.106 e. The van der Waals surface area contributed by atoms with Gasteiger partial charge < -0.3 is 4.84 Å². The molecular formula is C17H17Cl2N3OS. The van der Waals surface area contributed by atoms with Gasteiger partial charge in [0.2, 0.25) is 0 Å². The van der Waals surface area contributed by atoms with Crippen molar-refractivity contribution in [1.29, 1.82) is 0 Å². The first-order valence-corrected chi connectivity index (χ1v) is 7.63. The van der Waals surface area contributed by atoms with Crippen molar-refractivity contribution in [3.63, 3.8) is 0 Å². The molecule has 3 aromatic heterocycles. The molecule has 0 unspecified atom stereocenters. The van der Waals surface area contributed by atoms with Crippen LogP contribution in [0.3, 0.4) is 0 Å². The Balaban J connectivity index is 0.00000144. The molecule has 0 aliphatic carbocycles. The van der Waals surface area contributed by atoms with E-state index >= 15 is 0 Å².